The van der Waals surface area contributed by atoms with Gasteiger partial charge in [-0.05, 0) is 71.2 Å². The zero-order valence-electron chi connectivity index (χ0n) is 11.7. The maximum absolute atomic E-state index is 13.8. The van der Waals surface area contributed by atoms with Crippen molar-refractivity contribution < 1.29 is 8.78 Å². The lowest BCUT2D eigenvalue weighted by atomic mass is 10.0. The molecule has 2 nitrogen and oxygen atoms in total. The lowest BCUT2D eigenvalue weighted by Gasteiger charge is -2.19. The van der Waals surface area contributed by atoms with E-state index in [4.69, 9.17) is 0 Å². The van der Waals surface area contributed by atoms with E-state index in [1.54, 1.807) is 6.20 Å². The lowest BCUT2D eigenvalue weighted by Crippen LogP contribution is -2.25. The Bertz CT molecular complexity index is 605. The Morgan fingerprint density at radius 2 is 2.10 bits per heavy atom. The summed E-state index contributed by atoms with van der Waals surface area (Å²) in [6.07, 6.45) is 2.99. The van der Waals surface area contributed by atoms with Crippen molar-refractivity contribution in [3.63, 3.8) is 0 Å². The Morgan fingerprint density at radius 3 is 2.81 bits per heavy atom. The molecule has 0 spiro atoms. The van der Waals surface area contributed by atoms with Crippen LogP contribution in [-0.2, 0) is 6.42 Å². The first-order valence-corrected chi connectivity index (χ1v) is 7.68. The highest BCUT2D eigenvalue weighted by Crippen LogP contribution is 2.25. The standard InChI is InChI=1S/C16H17BrF2N2/c1-2-7-20-15(16-13(17)4-3-8-21-16)10-11-9-12(18)5-6-14(11)19/h3-6,8-9,15,20H,2,7,10H2,1H3. The number of benzene rings is 1. The molecule has 2 aromatic rings. The van der Waals surface area contributed by atoms with Gasteiger partial charge in [-0.25, -0.2) is 8.78 Å². The van der Waals surface area contributed by atoms with Crippen LogP contribution >= 0.6 is 15.9 Å². The third kappa shape index (κ3) is 4.32. The second-order valence-corrected chi connectivity index (χ2v) is 5.67. The van der Waals surface area contributed by atoms with Crippen LogP contribution in [0.2, 0.25) is 0 Å². The molecule has 0 aliphatic rings. The van der Waals surface area contributed by atoms with Crippen LogP contribution in [0.1, 0.15) is 30.6 Å². The van der Waals surface area contributed by atoms with E-state index < -0.39 is 11.6 Å². The van der Waals surface area contributed by atoms with Crippen molar-refractivity contribution in [2.24, 2.45) is 0 Å². The summed E-state index contributed by atoms with van der Waals surface area (Å²) in [7, 11) is 0. The maximum atomic E-state index is 13.8. The molecule has 2 rings (SSSR count). The molecule has 0 bridgehead atoms. The number of rotatable bonds is 6. The first kappa shape index (κ1) is 16.0. The molecule has 0 saturated carbocycles. The molecule has 1 unspecified atom stereocenters. The summed E-state index contributed by atoms with van der Waals surface area (Å²) in [5.41, 5.74) is 1.15. The molecule has 0 aliphatic heterocycles. The highest BCUT2D eigenvalue weighted by Gasteiger charge is 2.18. The van der Waals surface area contributed by atoms with Gasteiger partial charge in [0.1, 0.15) is 11.6 Å². The topological polar surface area (TPSA) is 24.9 Å². The fourth-order valence-electron chi connectivity index (χ4n) is 2.16. The van der Waals surface area contributed by atoms with Gasteiger partial charge in [0.15, 0.2) is 0 Å². The van der Waals surface area contributed by atoms with Gasteiger partial charge in [-0.1, -0.05) is 6.92 Å². The van der Waals surface area contributed by atoms with Crippen LogP contribution < -0.4 is 5.32 Å². The molecule has 0 saturated heterocycles. The molecule has 0 aliphatic carbocycles. The summed E-state index contributed by atoms with van der Waals surface area (Å²) < 4.78 is 28.0. The van der Waals surface area contributed by atoms with Gasteiger partial charge in [-0.15, -0.1) is 0 Å². The van der Waals surface area contributed by atoms with E-state index in [0.717, 1.165) is 35.3 Å². The average molecular weight is 355 g/mol. The molecule has 1 aromatic carbocycles. The quantitative estimate of drug-likeness (QED) is 0.831. The molecule has 1 atom stereocenters. The molecule has 21 heavy (non-hydrogen) atoms. The lowest BCUT2D eigenvalue weighted by molar-refractivity contribution is 0.498. The number of nitrogens with one attached hydrogen (secondary N) is 1. The average Bonchev–Trinajstić information content (AvgIpc) is 2.48. The molecule has 1 aromatic heterocycles. The summed E-state index contributed by atoms with van der Waals surface area (Å²) in [5, 5.41) is 3.34. The van der Waals surface area contributed by atoms with Gasteiger partial charge in [-0.2, -0.15) is 0 Å². The van der Waals surface area contributed by atoms with Crippen molar-refractivity contribution in [1.82, 2.24) is 10.3 Å². The van der Waals surface area contributed by atoms with Crippen molar-refractivity contribution >= 4 is 15.9 Å². The first-order chi connectivity index (χ1) is 10.1. The Morgan fingerprint density at radius 1 is 1.29 bits per heavy atom. The minimum atomic E-state index is -0.430. The third-order valence-electron chi connectivity index (χ3n) is 3.19. The molecule has 5 heteroatoms. The van der Waals surface area contributed by atoms with E-state index in [0.29, 0.717) is 12.0 Å². The predicted octanol–water partition coefficient (Wildman–Crippen LogP) is 4.41. The largest absolute Gasteiger partial charge is 0.308 e. The SMILES string of the molecule is CCCNC(Cc1cc(F)ccc1F)c1ncccc1Br. The van der Waals surface area contributed by atoms with Gasteiger partial charge in [0.05, 0.1) is 11.7 Å². The maximum Gasteiger partial charge on any atom is 0.126 e. The van der Waals surface area contributed by atoms with E-state index in [-0.39, 0.29) is 6.04 Å². The van der Waals surface area contributed by atoms with Gasteiger partial charge in [0.2, 0.25) is 0 Å². The van der Waals surface area contributed by atoms with Crippen molar-refractivity contribution in [2.75, 3.05) is 6.54 Å². The molecule has 1 N–H and O–H groups in total. The number of hydrogen-bond acceptors (Lipinski definition) is 2. The van der Waals surface area contributed by atoms with Crippen molar-refractivity contribution in [3.05, 3.63) is 63.9 Å². The minimum Gasteiger partial charge on any atom is -0.308 e. The first-order valence-electron chi connectivity index (χ1n) is 6.89. The van der Waals surface area contributed by atoms with E-state index in [1.807, 2.05) is 12.1 Å². The summed E-state index contributed by atoms with van der Waals surface area (Å²) in [4.78, 5) is 4.35. The van der Waals surface area contributed by atoms with Gasteiger partial charge >= 0.3 is 0 Å². The zero-order valence-corrected chi connectivity index (χ0v) is 13.3. The van der Waals surface area contributed by atoms with Gasteiger partial charge in [0, 0.05) is 10.7 Å². The van der Waals surface area contributed by atoms with Crippen LogP contribution in [0.3, 0.4) is 0 Å². The summed E-state index contributed by atoms with van der Waals surface area (Å²) >= 11 is 3.46. The van der Waals surface area contributed by atoms with Gasteiger partial charge < -0.3 is 5.32 Å². The normalized spacial score (nSPS) is 12.4. The Hall–Kier alpha value is -1.33. The van der Waals surface area contributed by atoms with E-state index in [9.17, 15) is 8.78 Å². The third-order valence-corrected chi connectivity index (χ3v) is 3.86. The van der Waals surface area contributed by atoms with E-state index >= 15 is 0 Å². The van der Waals surface area contributed by atoms with Crippen LogP contribution in [0, 0.1) is 11.6 Å². The van der Waals surface area contributed by atoms with Gasteiger partial charge in [0.25, 0.3) is 0 Å². The Kier molecular flexibility index (Phi) is 5.82. The van der Waals surface area contributed by atoms with Crippen molar-refractivity contribution in [3.8, 4) is 0 Å². The highest BCUT2D eigenvalue weighted by molar-refractivity contribution is 9.10. The molecule has 1 heterocycles. The second kappa shape index (κ2) is 7.61. The molecule has 0 amide bonds. The fourth-order valence-corrected chi connectivity index (χ4v) is 2.69. The van der Waals surface area contributed by atoms with Crippen LogP contribution in [0.15, 0.2) is 41.0 Å². The number of nitrogens with zero attached hydrogens (tertiary/aromatic N) is 1. The number of pyridine rings is 1. The molecule has 112 valence electrons. The zero-order chi connectivity index (χ0) is 15.2. The second-order valence-electron chi connectivity index (χ2n) is 4.82. The summed E-state index contributed by atoms with van der Waals surface area (Å²) in [6.45, 7) is 2.84. The smallest absolute Gasteiger partial charge is 0.126 e. The van der Waals surface area contributed by atoms with Crippen LogP contribution in [0.25, 0.3) is 0 Å². The Labute approximate surface area is 131 Å². The molecule has 0 radical (unpaired) electrons. The predicted molar refractivity (Wildman–Crippen MR) is 83.0 cm³/mol. The van der Waals surface area contributed by atoms with Crippen molar-refractivity contribution in [1.29, 1.82) is 0 Å². The molecule has 0 fully saturated rings. The van der Waals surface area contributed by atoms with Gasteiger partial charge in [-0.3, -0.25) is 4.98 Å². The van der Waals surface area contributed by atoms with E-state index in [2.05, 4.69) is 33.2 Å². The minimum absolute atomic E-state index is 0.170. The van der Waals surface area contributed by atoms with Crippen LogP contribution in [0.5, 0.6) is 0 Å². The monoisotopic (exact) mass is 354 g/mol. The molecular weight excluding hydrogens is 338 g/mol. The molecular formula is C16H17BrF2N2. The van der Waals surface area contributed by atoms with Crippen LogP contribution in [-0.4, -0.2) is 11.5 Å². The van der Waals surface area contributed by atoms with Crippen molar-refractivity contribution in [2.45, 2.75) is 25.8 Å². The number of hydrogen-bond donors (Lipinski definition) is 1. The van der Waals surface area contributed by atoms with Crippen LogP contribution in [0.4, 0.5) is 8.78 Å². The fraction of sp³-hybridized carbons (Fsp3) is 0.312. The summed E-state index contributed by atoms with van der Waals surface area (Å²) in [6, 6.07) is 7.08. The summed E-state index contributed by atoms with van der Waals surface area (Å²) in [5.74, 6) is -0.826. The number of halogens is 3. The highest BCUT2D eigenvalue weighted by atomic mass is 79.9. The Balaban J connectivity index is 2.28. The number of aromatic nitrogens is 1. The van der Waals surface area contributed by atoms with E-state index in [1.165, 1.54) is 6.07 Å².